The highest BCUT2D eigenvalue weighted by atomic mass is 32.2. The monoisotopic (exact) mass is 311 g/mol. The summed E-state index contributed by atoms with van der Waals surface area (Å²) in [5.74, 6) is 0.141. The van der Waals surface area contributed by atoms with Gasteiger partial charge in [0.2, 0.25) is 10.0 Å². The third kappa shape index (κ3) is 3.90. The Balaban J connectivity index is 2.02. The maximum atomic E-state index is 12.2. The molecule has 1 heterocycles. The molecule has 116 valence electrons. The molecule has 1 aliphatic heterocycles. The molecule has 2 unspecified atom stereocenters. The van der Waals surface area contributed by atoms with Gasteiger partial charge in [0.15, 0.2) is 5.78 Å². The predicted octanol–water partition coefficient (Wildman–Crippen LogP) is 1.98. The maximum absolute atomic E-state index is 12.2. The fourth-order valence-electron chi connectivity index (χ4n) is 2.55. The van der Waals surface area contributed by atoms with Crippen molar-refractivity contribution in [3.63, 3.8) is 0 Å². The van der Waals surface area contributed by atoms with Gasteiger partial charge in [-0.2, -0.15) is 0 Å². The van der Waals surface area contributed by atoms with Gasteiger partial charge in [0.1, 0.15) is 0 Å². The van der Waals surface area contributed by atoms with Crippen LogP contribution in [0.25, 0.3) is 0 Å². The minimum absolute atomic E-state index is 0.0826. The lowest BCUT2D eigenvalue weighted by Gasteiger charge is -2.17. The molecule has 0 amide bonds. The number of sulfonamides is 1. The largest absolute Gasteiger partial charge is 0.378 e. The number of hydrogen-bond donors (Lipinski definition) is 1. The standard InChI is InChI=1S/C15H21NO4S/c1-3-15-13(8-9-20-15)10-16-21(18,19)14-6-4-12(5-7-14)11(2)17/h4-7,13,15-16H,3,8-10H2,1-2H3. The van der Waals surface area contributed by atoms with Crippen molar-refractivity contribution < 1.29 is 17.9 Å². The number of benzene rings is 1. The SMILES string of the molecule is CCC1OCCC1CNS(=O)(=O)c1ccc(C(C)=O)cc1. The van der Waals surface area contributed by atoms with Gasteiger partial charge in [-0.25, -0.2) is 13.1 Å². The minimum Gasteiger partial charge on any atom is -0.378 e. The molecule has 0 radical (unpaired) electrons. The summed E-state index contributed by atoms with van der Waals surface area (Å²) in [7, 11) is -3.54. The first-order valence-electron chi connectivity index (χ1n) is 7.16. The van der Waals surface area contributed by atoms with Crippen molar-refractivity contribution in [1.82, 2.24) is 4.72 Å². The quantitative estimate of drug-likeness (QED) is 0.815. The average molecular weight is 311 g/mol. The Morgan fingerprint density at radius 2 is 2.00 bits per heavy atom. The van der Waals surface area contributed by atoms with E-state index in [0.29, 0.717) is 18.7 Å². The zero-order valence-corrected chi connectivity index (χ0v) is 13.2. The van der Waals surface area contributed by atoms with Crippen LogP contribution >= 0.6 is 0 Å². The number of carbonyl (C=O) groups is 1. The van der Waals surface area contributed by atoms with E-state index in [2.05, 4.69) is 4.72 Å². The van der Waals surface area contributed by atoms with Crippen LogP contribution in [0.3, 0.4) is 0 Å². The van der Waals surface area contributed by atoms with Gasteiger partial charge in [-0.05, 0) is 31.9 Å². The van der Waals surface area contributed by atoms with E-state index in [-0.39, 0.29) is 22.7 Å². The van der Waals surface area contributed by atoms with Crippen LogP contribution in [0.1, 0.15) is 37.0 Å². The molecule has 2 rings (SSSR count). The highest BCUT2D eigenvalue weighted by Gasteiger charge is 2.28. The molecule has 5 nitrogen and oxygen atoms in total. The van der Waals surface area contributed by atoms with Crippen LogP contribution in [0, 0.1) is 5.92 Å². The Bertz CT molecular complexity index is 595. The highest BCUT2D eigenvalue weighted by molar-refractivity contribution is 7.89. The lowest BCUT2D eigenvalue weighted by Crippen LogP contribution is -2.32. The van der Waals surface area contributed by atoms with Crippen LogP contribution in [-0.2, 0) is 14.8 Å². The van der Waals surface area contributed by atoms with Gasteiger partial charge in [0.25, 0.3) is 0 Å². The summed E-state index contributed by atoms with van der Waals surface area (Å²) in [5, 5.41) is 0. The summed E-state index contributed by atoms with van der Waals surface area (Å²) in [5.41, 5.74) is 0.504. The smallest absolute Gasteiger partial charge is 0.240 e. The van der Waals surface area contributed by atoms with E-state index in [9.17, 15) is 13.2 Å². The average Bonchev–Trinajstić information content (AvgIpc) is 2.93. The van der Waals surface area contributed by atoms with Crippen molar-refractivity contribution in [1.29, 1.82) is 0 Å². The van der Waals surface area contributed by atoms with Crippen LogP contribution < -0.4 is 4.72 Å². The third-order valence-corrected chi connectivity index (χ3v) is 5.29. The first-order valence-corrected chi connectivity index (χ1v) is 8.64. The van der Waals surface area contributed by atoms with Gasteiger partial charge in [-0.1, -0.05) is 19.1 Å². The molecule has 6 heteroatoms. The van der Waals surface area contributed by atoms with Gasteiger partial charge in [-0.15, -0.1) is 0 Å². The van der Waals surface area contributed by atoms with E-state index in [1.165, 1.54) is 31.2 Å². The maximum Gasteiger partial charge on any atom is 0.240 e. The second-order valence-corrected chi connectivity index (χ2v) is 7.07. The molecule has 1 aromatic carbocycles. The molecule has 0 aromatic heterocycles. The van der Waals surface area contributed by atoms with E-state index < -0.39 is 10.0 Å². The molecular formula is C15H21NO4S. The molecule has 21 heavy (non-hydrogen) atoms. The van der Waals surface area contributed by atoms with Crippen molar-refractivity contribution in [2.45, 2.75) is 37.7 Å². The molecule has 1 N–H and O–H groups in total. The van der Waals surface area contributed by atoms with Gasteiger partial charge in [0, 0.05) is 24.6 Å². The lowest BCUT2D eigenvalue weighted by molar-refractivity contribution is 0.0884. The second-order valence-electron chi connectivity index (χ2n) is 5.30. The zero-order chi connectivity index (χ0) is 15.5. The Morgan fingerprint density at radius 1 is 1.33 bits per heavy atom. The van der Waals surface area contributed by atoms with Crippen molar-refractivity contribution in [2.75, 3.05) is 13.2 Å². The number of ketones is 1. The molecule has 0 saturated carbocycles. The van der Waals surface area contributed by atoms with Crippen LogP contribution in [-0.4, -0.2) is 33.5 Å². The van der Waals surface area contributed by atoms with Crippen molar-refractivity contribution in [3.8, 4) is 0 Å². The number of rotatable bonds is 6. The van der Waals surface area contributed by atoms with E-state index in [1.54, 1.807) is 0 Å². The van der Waals surface area contributed by atoms with Gasteiger partial charge in [0.05, 0.1) is 11.0 Å². The fourth-order valence-corrected chi connectivity index (χ4v) is 3.64. The number of ether oxygens (including phenoxy) is 1. The molecule has 1 aromatic rings. The van der Waals surface area contributed by atoms with Crippen molar-refractivity contribution in [3.05, 3.63) is 29.8 Å². The van der Waals surface area contributed by atoms with Crippen molar-refractivity contribution >= 4 is 15.8 Å². The lowest BCUT2D eigenvalue weighted by atomic mass is 10.0. The highest BCUT2D eigenvalue weighted by Crippen LogP contribution is 2.23. The van der Waals surface area contributed by atoms with Gasteiger partial charge >= 0.3 is 0 Å². The second kappa shape index (κ2) is 6.68. The van der Waals surface area contributed by atoms with Gasteiger partial charge < -0.3 is 4.74 Å². The molecule has 0 spiro atoms. The molecule has 0 aliphatic carbocycles. The summed E-state index contributed by atoms with van der Waals surface area (Å²) in [6, 6.07) is 5.98. The van der Waals surface area contributed by atoms with Crippen LogP contribution in [0.15, 0.2) is 29.2 Å². The van der Waals surface area contributed by atoms with E-state index >= 15 is 0 Å². The molecule has 2 atom stereocenters. The van der Waals surface area contributed by atoms with Gasteiger partial charge in [-0.3, -0.25) is 4.79 Å². The molecule has 0 bridgehead atoms. The summed E-state index contributed by atoms with van der Waals surface area (Å²) in [4.78, 5) is 11.4. The number of carbonyl (C=O) groups excluding carboxylic acids is 1. The predicted molar refractivity (Wildman–Crippen MR) is 79.8 cm³/mol. The molecule has 1 aliphatic rings. The summed E-state index contributed by atoms with van der Waals surface area (Å²) in [6.45, 7) is 4.57. The summed E-state index contributed by atoms with van der Waals surface area (Å²) in [6.07, 6.45) is 1.90. The number of Topliss-reactive ketones (excluding diaryl/α,β-unsaturated/α-hetero) is 1. The van der Waals surface area contributed by atoms with Crippen molar-refractivity contribution in [2.24, 2.45) is 5.92 Å². The molecule has 1 saturated heterocycles. The van der Waals surface area contributed by atoms with Crippen LogP contribution in [0.4, 0.5) is 0 Å². The fraction of sp³-hybridized carbons (Fsp3) is 0.533. The normalized spacial score (nSPS) is 22.4. The van der Waals surface area contributed by atoms with E-state index in [1.807, 2.05) is 6.92 Å². The van der Waals surface area contributed by atoms with E-state index in [0.717, 1.165) is 12.8 Å². The zero-order valence-electron chi connectivity index (χ0n) is 12.3. The Morgan fingerprint density at radius 3 is 2.57 bits per heavy atom. The summed E-state index contributed by atoms with van der Waals surface area (Å²) < 4.78 is 32.6. The Hall–Kier alpha value is -1.24. The van der Waals surface area contributed by atoms with E-state index in [4.69, 9.17) is 4.74 Å². The molecule has 1 fully saturated rings. The Labute approximate surface area is 125 Å². The number of nitrogens with one attached hydrogen (secondary N) is 1. The number of hydrogen-bond acceptors (Lipinski definition) is 4. The first-order chi connectivity index (χ1) is 9.94. The third-order valence-electron chi connectivity index (χ3n) is 3.86. The Kier molecular flexibility index (Phi) is 5.13. The van der Waals surface area contributed by atoms with Crippen LogP contribution in [0.5, 0.6) is 0 Å². The topological polar surface area (TPSA) is 72.5 Å². The minimum atomic E-state index is -3.54. The molecular weight excluding hydrogens is 290 g/mol. The van der Waals surface area contributed by atoms with Crippen LogP contribution in [0.2, 0.25) is 0 Å². The summed E-state index contributed by atoms with van der Waals surface area (Å²) >= 11 is 0. The first kappa shape index (κ1) is 16.1.